The normalized spacial score (nSPS) is 11.6. The van der Waals surface area contributed by atoms with Crippen LogP contribution in [0.4, 0.5) is 4.39 Å². The van der Waals surface area contributed by atoms with Crippen LogP contribution in [0.25, 0.3) is 54.8 Å². The van der Waals surface area contributed by atoms with Gasteiger partial charge < -0.3 is 4.98 Å². The van der Waals surface area contributed by atoms with Crippen LogP contribution in [0.5, 0.6) is 0 Å². The van der Waals surface area contributed by atoms with Crippen molar-refractivity contribution in [3.05, 3.63) is 77.9 Å². The molecule has 0 fully saturated rings. The summed E-state index contributed by atoms with van der Waals surface area (Å²) in [5.74, 6) is 0. The summed E-state index contributed by atoms with van der Waals surface area (Å²) < 4.78 is 13.6. The highest BCUT2D eigenvalue weighted by molar-refractivity contribution is 7.14. The molecule has 0 amide bonds. The fourth-order valence-corrected chi connectivity index (χ4v) is 4.83. The van der Waals surface area contributed by atoms with Gasteiger partial charge in [-0.3, -0.25) is 15.1 Å². The van der Waals surface area contributed by atoms with Crippen LogP contribution in [0, 0.1) is 5.13 Å². The fraction of sp³-hybridized carbons (Fsp3) is 0.0800. The lowest BCUT2D eigenvalue weighted by Gasteiger charge is -2.04. The molecule has 6 aromatic rings. The zero-order valence-corrected chi connectivity index (χ0v) is 18.0. The molecule has 0 saturated heterocycles. The van der Waals surface area contributed by atoms with Gasteiger partial charge in [-0.15, -0.1) is 11.3 Å². The van der Waals surface area contributed by atoms with E-state index in [0.29, 0.717) is 0 Å². The van der Waals surface area contributed by atoms with E-state index < -0.39 is 0 Å². The highest BCUT2D eigenvalue weighted by Gasteiger charge is 2.15. The van der Waals surface area contributed by atoms with E-state index in [9.17, 15) is 4.39 Å². The molecule has 0 saturated carbocycles. The molecule has 0 aliphatic heterocycles. The summed E-state index contributed by atoms with van der Waals surface area (Å²) >= 11 is 1.12. The second kappa shape index (κ2) is 7.39. The first-order chi connectivity index (χ1) is 15.7. The lowest BCUT2D eigenvalue weighted by molar-refractivity contribution is 0.657. The molecule has 0 aliphatic rings. The Hall–Kier alpha value is -3.84. The lowest BCUT2D eigenvalue weighted by atomic mass is 10.0. The van der Waals surface area contributed by atoms with Crippen LogP contribution in [-0.4, -0.2) is 25.1 Å². The number of fused-ring (bicyclic) bond motifs is 2. The Balaban J connectivity index is 1.49. The number of halogens is 1. The van der Waals surface area contributed by atoms with Gasteiger partial charge in [-0.05, 0) is 53.9 Å². The average molecular weight is 440 g/mol. The van der Waals surface area contributed by atoms with E-state index in [1.807, 2.05) is 18.5 Å². The number of rotatable bonds is 4. The van der Waals surface area contributed by atoms with Crippen molar-refractivity contribution in [1.82, 2.24) is 25.1 Å². The van der Waals surface area contributed by atoms with Crippen LogP contribution in [0.2, 0.25) is 0 Å². The maximum atomic E-state index is 13.6. The monoisotopic (exact) mass is 439 g/mol. The van der Waals surface area contributed by atoms with Crippen molar-refractivity contribution in [3.8, 4) is 33.0 Å². The van der Waals surface area contributed by atoms with Gasteiger partial charge in [-0.2, -0.15) is 9.49 Å². The molecule has 0 unspecified atom stereocenters. The molecule has 32 heavy (non-hydrogen) atoms. The van der Waals surface area contributed by atoms with E-state index >= 15 is 0 Å². The minimum atomic E-state index is -0.208. The number of hydrogen-bond acceptors (Lipinski definition) is 4. The Morgan fingerprint density at radius 3 is 2.62 bits per heavy atom. The van der Waals surface area contributed by atoms with Crippen molar-refractivity contribution in [1.29, 1.82) is 0 Å². The van der Waals surface area contributed by atoms with Gasteiger partial charge in [-0.1, -0.05) is 13.0 Å². The largest absolute Gasteiger partial charge is 0.352 e. The molecule has 5 nitrogen and oxygen atoms in total. The third kappa shape index (κ3) is 3.09. The summed E-state index contributed by atoms with van der Waals surface area (Å²) in [7, 11) is 0. The zero-order chi connectivity index (χ0) is 21.7. The SMILES string of the molecule is CCc1cncc(-c2ccc3[nH]nc(-c4cc5c(-c6ccc(F)s6)cncc5[nH]4)c3c2)c1. The standard InChI is InChI=1S/C25H18FN5S/c1-2-14-7-16(11-27-10-14)15-3-4-20-18(8-15)25(31-30-20)21-9-17-19(12-28-13-22(17)29-21)23-5-6-24(26)32-23/h3-13,29H,2H2,1H3,(H,30,31). The molecule has 2 N–H and O–H groups in total. The molecule has 0 aliphatic carbocycles. The Morgan fingerprint density at radius 1 is 0.875 bits per heavy atom. The first kappa shape index (κ1) is 18.9. The Bertz CT molecular complexity index is 1590. The number of aromatic amines is 2. The van der Waals surface area contributed by atoms with E-state index in [1.165, 1.54) is 11.6 Å². The predicted octanol–water partition coefficient (Wildman–Crippen LogP) is 6.60. The molecule has 5 aromatic heterocycles. The van der Waals surface area contributed by atoms with E-state index in [-0.39, 0.29) is 5.13 Å². The first-order valence-corrected chi connectivity index (χ1v) is 11.2. The summed E-state index contributed by atoms with van der Waals surface area (Å²) in [6.07, 6.45) is 8.30. The van der Waals surface area contributed by atoms with E-state index in [2.05, 4.69) is 56.3 Å². The Kier molecular flexibility index (Phi) is 4.36. The average Bonchev–Trinajstić information content (AvgIpc) is 3.55. The maximum Gasteiger partial charge on any atom is 0.176 e. The number of pyridine rings is 2. The van der Waals surface area contributed by atoms with E-state index in [4.69, 9.17) is 0 Å². The van der Waals surface area contributed by atoms with E-state index in [1.54, 1.807) is 18.5 Å². The summed E-state index contributed by atoms with van der Waals surface area (Å²) in [4.78, 5) is 13.0. The van der Waals surface area contributed by atoms with Crippen molar-refractivity contribution in [2.75, 3.05) is 0 Å². The van der Waals surface area contributed by atoms with Gasteiger partial charge in [0, 0.05) is 45.4 Å². The van der Waals surface area contributed by atoms with Crippen LogP contribution in [0.15, 0.2) is 67.3 Å². The summed E-state index contributed by atoms with van der Waals surface area (Å²) in [5.41, 5.74) is 7.85. The van der Waals surface area contributed by atoms with Crippen LogP contribution in [0.1, 0.15) is 12.5 Å². The van der Waals surface area contributed by atoms with Gasteiger partial charge in [0.2, 0.25) is 0 Å². The Morgan fingerprint density at radius 2 is 1.78 bits per heavy atom. The highest BCUT2D eigenvalue weighted by Crippen LogP contribution is 2.36. The van der Waals surface area contributed by atoms with Crippen molar-refractivity contribution in [2.45, 2.75) is 13.3 Å². The van der Waals surface area contributed by atoms with Crippen LogP contribution < -0.4 is 0 Å². The number of nitrogens with zero attached hydrogens (tertiary/aromatic N) is 3. The number of nitrogens with one attached hydrogen (secondary N) is 2. The quantitative estimate of drug-likeness (QED) is 0.325. The number of thiophene rings is 1. The summed E-state index contributed by atoms with van der Waals surface area (Å²) in [5, 5.41) is 9.52. The number of hydrogen-bond donors (Lipinski definition) is 2. The molecule has 1 aromatic carbocycles. The first-order valence-electron chi connectivity index (χ1n) is 10.3. The Labute approximate surface area is 187 Å². The highest BCUT2D eigenvalue weighted by atomic mass is 32.1. The second-order valence-corrected chi connectivity index (χ2v) is 8.74. The summed E-state index contributed by atoms with van der Waals surface area (Å²) in [6.45, 7) is 2.13. The molecule has 0 atom stereocenters. The molecule has 156 valence electrons. The van der Waals surface area contributed by atoms with Crippen molar-refractivity contribution < 1.29 is 4.39 Å². The molecule has 0 bridgehead atoms. The van der Waals surface area contributed by atoms with Crippen molar-refractivity contribution >= 4 is 33.1 Å². The molecule has 0 radical (unpaired) electrons. The number of benzene rings is 1. The minimum Gasteiger partial charge on any atom is -0.352 e. The van der Waals surface area contributed by atoms with Gasteiger partial charge in [0.15, 0.2) is 5.13 Å². The molecule has 6 rings (SSSR count). The van der Waals surface area contributed by atoms with E-state index in [0.717, 1.165) is 72.5 Å². The third-order valence-electron chi connectivity index (χ3n) is 5.74. The predicted molar refractivity (Wildman–Crippen MR) is 127 cm³/mol. The van der Waals surface area contributed by atoms with Gasteiger partial charge in [0.1, 0.15) is 5.69 Å². The van der Waals surface area contributed by atoms with Crippen LogP contribution in [-0.2, 0) is 6.42 Å². The van der Waals surface area contributed by atoms with Gasteiger partial charge in [0.05, 0.1) is 22.9 Å². The second-order valence-electron chi connectivity index (χ2n) is 7.70. The van der Waals surface area contributed by atoms with Gasteiger partial charge >= 0.3 is 0 Å². The maximum absolute atomic E-state index is 13.6. The molecule has 7 heteroatoms. The smallest absolute Gasteiger partial charge is 0.176 e. The lowest BCUT2D eigenvalue weighted by Crippen LogP contribution is -1.86. The topological polar surface area (TPSA) is 70.2 Å². The third-order valence-corrected chi connectivity index (χ3v) is 6.65. The van der Waals surface area contributed by atoms with Crippen molar-refractivity contribution in [3.63, 3.8) is 0 Å². The fourth-order valence-electron chi connectivity index (χ4n) is 4.07. The van der Waals surface area contributed by atoms with Crippen LogP contribution in [0.3, 0.4) is 0 Å². The minimum absolute atomic E-state index is 0.208. The molecule has 0 spiro atoms. The van der Waals surface area contributed by atoms with Gasteiger partial charge in [-0.25, -0.2) is 0 Å². The van der Waals surface area contributed by atoms with Crippen molar-refractivity contribution in [2.24, 2.45) is 0 Å². The molecule has 5 heterocycles. The summed E-state index contributed by atoms with van der Waals surface area (Å²) in [6, 6.07) is 13.8. The number of H-pyrrole nitrogens is 2. The molecular weight excluding hydrogens is 421 g/mol. The number of aryl methyl sites for hydroxylation is 1. The van der Waals surface area contributed by atoms with Gasteiger partial charge in [0.25, 0.3) is 0 Å². The molecular formula is C25H18FN5S. The number of aromatic nitrogens is 5. The zero-order valence-electron chi connectivity index (χ0n) is 17.2. The van der Waals surface area contributed by atoms with Crippen LogP contribution >= 0.6 is 11.3 Å².